The van der Waals surface area contributed by atoms with Crippen molar-refractivity contribution in [2.75, 3.05) is 14.2 Å². The first-order valence-electron chi connectivity index (χ1n) is 13.1. The summed E-state index contributed by atoms with van der Waals surface area (Å²) in [5.41, 5.74) is 0. The highest BCUT2D eigenvalue weighted by atomic mass is 28.4. The SMILES string of the molecule is CO[Si](CCCCCC[Si](OC)(c1ccccc1)c1ccccc1)(c1ccccc1)c1ccccc1. The Hall–Kier alpha value is -2.77. The summed E-state index contributed by atoms with van der Waals surface area (Å²) in [4.78, 5) is 0. The average Bonchev–Trinajstić information content (AvgIpc) is 2.97. The van der Waals surface area contributed by atoms with Crippen LogP contribution < -0.4 is 20.7 Å². The third-order valence-corrected chi connectivity index (χ3v) is 16.0. The largest absolute Gasteiger partial charge is 0.411 e. The van der Waals surface area contributed by atoms with Gasteiger partial charge in [0.25, 0.3) is 16.6 Å². The fraction of sp³-hybridized carbons (Fsp3) is 0.250. The molecule has 0 aliphatic rings. The topological polar surface area (TPSA) is 18.5 Å². The molecule has 4 heteroatoms. The Balaban J connectivity index is 1.43. The summed E-state index contributed by atoms with van der Waals surface area (Å²) in [7, 11) is -0.679. The van der Waals surface area contributed by atoms with E-state index in [1.165, 1.54) is 46.4 Å². The Morgan fingerprint density at radius 2 is 0.639 bits per heavy atom. The van der Waals surface area contributed by atoms with E-state index >= 15 is 0 Å². The normalized spacial score (nSPS) is 11.9. The molecule has 0 saturated carbocycles. The summed E-state index contributed by atoms with van der Waals surface area (Å²) in [6, 6.07) is 45.7. The van der Waals surface area contributed by atoms with Crippen LogP contribution in [0.4, 0.5) is 0 Å². The van der Waals surface area contributed by atoms with Crippen molar-refractivity contribution in [2.45, 2.75) is 37.8 Å². The van der Waals surface area contributed by atoms with E-state index in [-0.39, 0.29) is 0 Å². The minimum Gasteiger partial charge on any atom is -0.411 e. The van der Waals surface area contributed by atoms with Gasteiger partial charge in [0.15, 0.2) is 0 Å². The molecule has 4 aromatic rings. The minimum absolute atomic E-state index is 1.10. The lowest BCUT2D eigenvalue weighted by atomic mass is 10.2. The van der Waals surface area contributed by atoms with Crippen LogP contribution >= 0.6 is 0 Å². The molecule has 0 atom stereocenters. The zero-order chi connectivity index (χ0) is 25.1. The Labute approximate surface area is 219 Å². The smallest absolute Gasteiger partial charge is 0.255 e. The van der Waals surface area contributed by atoms with Gasteiger partial charge < -0.3 is 8.85 Å². The molecule has 0 aliphatic carbocycles. The Bertz CT molecular complexity index is 978. The van der Waals surface area contributed by atoms with E-state index in [2.05, 4.69) is 121 Å². The summed E-state index contributed by atoms with van der Waals surface area (Å²) in [5.74, 6) is 0. The fourth-order valence-corrected chi connectivity index (χ4v) is 13.1. The lowest BCUT2D eigenvalue weighted by Gasteiger charge is -2.32. The second-order valence-electron chi connectivity index (χ2n) is 9.44. The molecular formula is C32H38O2Si2. The summed E-state index contributed by atoms with van der Waals surface area (Å²) >= 11 is 0. The van der Waals surface area contributed by atoms with Gasteiger partial charge in [-0.05, 0) is 32.8 Å². The van der Waals surface area contributed by atoms with Gasteiger partial charge in [0.05, 0.1) is 0 Å². The van der Waals surface area contributed by atoms with Crippen molar-refractivity contribution < 1.29 is 8.85 Å². The van der Waals surface area contributed by atoms with Crippen molar-refractivity contribution in [3.05, 3.63) is 121 Å². The minimum atomic E-state index is -2.25. The van der Waals surface area contributed by atoms with E-state index in [9.17, 15) is 0 Å². The number of rotatable bonds is 13. The van der Waals surface area contributed by atoms with Gasteiger partial charge in [-0.1, -0.05) is 147 Å². The molecule has 0 amide bonds. The van der Waals surface area contributed by atoms with Crippen molar-refractivity contribution >= 4 is 37.4 Å². The Morgan fingerprint density at radius 3 is 0.861 bits per heavy atom. The highest BCUT2D eigenvalue weighted by Gasteiger charge is 2.39. The molecule has 186 valence electrons. The lowest BCUT2D eigenvalue weighted by molar-refractivity contribution is 0.409. The average molecular weight is 511 g/mol. The molecule has 0 radical (unpaired) electrons. The first kappa shape index (κ1) is 26.3. The number of hydrogen-bond donors (Lipinski definition) is 0. The molecule has 0 aliphatic heterocycles. The summed E-state index contributed by atoms with van der Waals surface area (Å²) in [6.07, 6.45) is 4.75. The molecule has 0 heterocycles. The van der Waals surface area contributed by atoms with E-state index < -0.39 is 16.6 Å². The molecule has 0 saturated heterocycles. The maximum Gasteiger partial charge on any atom is 0.255 e. The Morgan fingerprint density at radius 1 is 0.389 bits per heavy atom. The zero-order valence-corrected chi connectivity index (χ0v) is 23.6. The van der Waals surface area contributed by atoms with E-state index in [0.717, 1.165) is 12.1 Å². The van der Waals surface area contributed by atoms with Crippen LogP contribution in [0.3, 0.4) is 0 Å². The van der Waals surface area contributed by atoms with Gasteiger partial charge in [-0.2, -0.15) is 0 Å². The molecule has 0 spiro atoms. The second-order valence-corrected chi connectivity index (χ2v) is 16.9. The van der Waals surface area contributed by atoms with Crippen LogP contribution in [0.25, 0.3) is 0 Å². The van der Waals surface area contributed by atoms with Gasteiger partial charge >= 0.3 is 0 Å². The van der Waals surface area contributed by atoms with E-state index in [1.54, 1.807) is 0 Å². The third-order valence-electron chi connectivity index (χ3n) is 7.47. The van der Waals surface area contributed by atoms with Gasteiger partial charge in [-0.15, -0.1) is 0 Å². The van der Waals surface area contributed by atoms with Gasteiger partial charge in [0, 0.05) is 14.2 Å². The van der Waals surface area contributed by atoms with Gasteiger partial charge in [-0.3, -0.25) is 0 Å². The third kappa shape index (κ3) is 5.79. The molecule has 2 nitrogen and oxygen atoms in total. The number of benzene rings is 4. The Kier molecular flexibility index (Phi) is 9.48. The van der Waals surface area contributed by atoms with Crippen molar-refractivity contribution in [1.29, 1.82) is 0 Å². The second kappa shape index (κ2) is 13.0. The fourth-order valence-electron chi connectivity index (χ4n) is 5.52. The predicted octanol–water partition coefficient (Wildman–Crippen LogP) is 5.36. The highest BCUT2D eigenvalue weighted by Crippen LogP contribution is 2.21. The van der Waals surface area contributed by atoms with Crippen LogP contribution in [0.1, 0.15) is 25.7 Å². The monoisotopic (exact) mass is 510 g/mol. The maximum atomic E-state index is 6.43. The first-order valence-corrected chi connectivity index (χ1v) is 17.3. The van der Waals surface area contributed by atoms with Crippen molar-refractivity contribution in [1.82, 2.24) is 0 Å². The van der Waals surface area contributed by atoms with Gasteiger partial charge in [-0.25, -0.2) is 0 Å². The summed E-state index contributed by atoms with van der Waals surface area (Å²) in [6.45, 7) is 0. The van der Waals surface area contributed by atoms with Gasteiger partial charge in [0.2, 0.25) is 0 Å². The van der Waals surface area contributed by atoms with Crippen molar-refractivity contribution in [2.24, 2.45) is 0 Å². The summed E-state index contributed by atoms with van der Waals surface area (Å²) in [5, 5.41) is 5.44. The zero-order valence-electron chi connectivity index (χ0n) is 21.6. The molecule has 0 fully saturated rings. The van der Waals surface area contributed by atoms with Crippen LogP contribution in [0, 0.1) is 0 Å². The van der Waals surface area contributed by atoms with Crippen molar-refractivity contribution in [3.63, 3.8) is 0 Å². The molecule has 36 heavy (non-hydrogen) atoms. The van der Waals surface area contributed by atoms with E-state index in [0.29, 0.717) is 0 Å². The van der Waals surface area contributed by atoms with E-state index in [4.69, 9.17) is 8.85 Å². The molecule has 0 N–H and O–H groups in total. The maximum absolute atomic E-state index is 6.43. The molecule has 4 rings (SSSR count). The highest BCUT2D eigenvalue weighted by molar-refractivity contribution is 6.98. The van der Waals surface area contributed by atoms with Crippen LogP contribution in [0.5, 0.6) is 0 Å². The van der Waals surface area contributed by atoms with E-state index in [1.807, 2.05) is 14.2 Å². The molecule has 0 bridgehead atoms. The molecule has 0 aromatic heterocycles. The lowest BCUT2D eigenvalue weighted by Crippen LogP contribution is -2.60. The predicted molar refractivity (Wildman–Crippen MR) is 158 cm³/mol. The van der Waals surface area contributed by atoms with Crippen LogP contribution in [0.15, 0.2) is 121 Å². The van der Waals surface area contributed by atoms with Crippen LogP contribution in [-0.4, -0.2) is 30.9 Å². The number of unbranched alkanes of at least 4 members (excludes halogenated alkanes) is 3. The van der Waals surface area contributed by atoms with Crippen molar-refractivity contribution in [3.8, 4) is 0 Å². The number of hydrogen-bond acceptors (Lipinski definition) is 2. The molecule has 4 aromatic carbocycles. The molecular weight excluding hydrogens is 473 g/mol. The van der Waals surface area contributed by atoms with Crippen LogP contribution in [-0.2, 0) is 8.85 Å². The summed E-state index contributed by atoms with van der Waals surface area (Å²) < 4.78 is 12.9. The first-order chi connectivity index (χ1) is 17.7. The van der Waals surface area contributed by atoms with Crippen LogP contribution in [0.2, 0.25) is 12.1 Å². The van der Waals surface area contributed by atoms with Gasteiger partial charge in [0.1, 0.15) is 0 Å². The quantitative estimate of drug-likeness (QED) is 0.178. The standard InChI is InChI=1S/C32H38O2Si2/c1-33-35(29-19-9-5-10-20-29,30-21-11-6-12-22-30)27-17-3-4-18-28-36(34-2,31-23-13-7-14-24-31)32-25-15-8-16-26-32/h5-16,19-26H,3-4,17-18,27-28H2,1-2H3. The molecule has 0 unspecified atom stereocenters.